The number of hydrogen-bond donors (Lipinski definition) is 3. The number of aryl methyl sites for hydroxylation is 1. The fourth-order valence-corrected chi connectivity index (χ4v) is 8.83. The highest BCUT2D eigenvalue weighted by molar-refractivity contribution is 6.38. The lowest BCUT2D eigenvalue weighted by Gasteiger charge is -2.26. The first-order chi connectivity index (χ1) is 35.0. The predicted molar refractivity (Wildman–Crippen MR) is 299 cm³/mol. The third kappa shape index (κ3) is 17.6. The largest absolute Gasteiger partial charge is 0.508 e. The molecular formula is C59H85N8O7+. The normalized spacial score (nSPS) is 14.3. The molecule has 15 nitrogen and oxygen atoms in total. The third-order valence-corrected chi connectivity index (χ3v) is 13.0. The molecule has 2 atom stereocenters. The van der Waals surface area contributed by atoms with Gasteiger partial charge in [-0.15, -0.1) is 0 Å². The van der Waals surface area contributed by atoms with Gasteiger partial charge in [0.15, 0.2) is 0 Å². The van der Waals surface area contributed by atoms with Crippen LogP contribution in [0.2, 0.25) is 0 Å². The highest BCUT2D eigenvalue weighted by Gasteiger charge is 2.38. The molecule has 402 valence electrons. The average molecular weight is 1020 g/mol. The lowest BCUT2D eigenvalue weighted by Crippen LogP contribution is -2.38. The van der Waals surface area contributed by atoms with E-state index >= 15 is 0 Å². The SMILES string of the molecule is C=COCC(C)(C)Cc1c(-c2cccnc2COC)n(CC)c2ccc(-c3cc(O)cc(CC(N)C=O)c3)cc12.CC(=O)C(C(C)C)=[N+](C)C(=O)C1CCN(C(=O)C#CC(C)(C)N(C)C)C1.CCCC/C=N\NC. The number of fused-ring (bicyclic) bond motifs is 1. The quantitative estimate of drug-likeness (QED) is 0.0138. The molecule has 1 aliphatic rings. The van der Waals surface area contributed by atoms with E-state index in [-0.39, 0.29) is 40.6 Å². The molecule has 0 spiro atoms. The van der Waals surface area contributed by atoms with Crippen molar-refractivity contribution in [3.8, 4) is 40.0 Å². The average Bonchev–Trinajstić information content (AvgIpc) is 3.97. The zero-order chi connectivity index (χ0) is 55.3. The number of aromatic hydroxyl groups is 1. The van der Waals surface area contributed by atoms with Crippen molar-refractivity contribution >= 4 is 46.7 Å². The molecule has 3 heterocycles. The Morgan fingerprint density at radius 1 is 1.11 bits per heavy atom. The van der Waals surface area contributed by atoms with E-state index in [0.29, 0.717) is 44.9 Å². The number of nitrogens with one attached hydrogen (secondary N) is 1. The van der Waals surface area contributed by atoms with Crippen LogP contribution >= 0.6 is 0 Å². The molecule has 2 unspecified atom stereocenters. The molecule has 15 heteroatoms. The van der Waals surface area contributed by atoms with Gasteiger partial charge in [0, 0.05) is 80.9 Å². The number of phenols is 1. The molecule has 5 rings (SSSR count). The molecule has 1 fully saturated rings. The number of ketones is 1. The van der Waals surface area contributed by atoms with Gasteiger partial charge in [-0.05, 0) is 132 Å². The molecule has 1 saturated heterocycles. The molecule has 0 aliphatic carbocycles. The summed E-state index contributed by atoms with van der Waals surface area (Å²) in [5.74, 6) is 5.05. The van der Waals surface area contributed by atoms with Crippen molar-refractivity contribution in [2.75, 3.05) is 55.0 Å². The first kappa shape index (κ1) is 61.8. The maximum absolute atomic E-state index is 12.7. The van der Waals surface area contributed by atoms with Crippen LogP contribution < -0.4 is 11.2 Å². The van der Waals surface area contributed by atoms with Gasteiger partial charge in [0.25, 0.3) is 5.91 Å². The summed E-state index contributed by atoms with van der Waals surface area (Å²) in [6.45, 7) is 24.2. The number of aromatic nitrogens is 2. The summed E-state index contributed by atoms with van der Waals surface area (Å²) in [5.41, 5.74) is 16.5. The molecule has 0 bridgehead atoms. The molecule has 2 aromatic carbocycles. The van der Waals surface area contributed by atoms with Crippen LogP contribution in [0.25, 0.3) is 33.3 Å². The van der Waals surface area contributed by atoms with Crippen molar-refractivity contribution in [3.63, 3.8) is 0 Å². The monoisotopic (exact) mass is 1020 g/mol. The summed E-state index contributed by atoms with van der Waals surface area (Å²) >= 11 is 0. The van der Waals surface area contributed by atoms with Crippen LogP contribution in [0.4, 0.5) is 0 Å². The van der Waals surface area contributed by atoms with Crippen molar-refractivity contribution in [2.24, 2.45) is 28.1 Å². The summed E-state index contributed by atoms with van der Waals surface area (Å²) in [5, 5.41) is 15.4. The molecule has 0 saturated carbocycles. The van der Waals surface area contributed by atoms with Gasteiger partial charge in [0.1, 0.15) is 25.0 Å². The predicted octanol–water partition coefficient (Wildman–Crippen LogP) is 8.45. The van der Waals surface area contributed by atoms with Crippen LogP contribution in [0.5, 0.6) is 5.75 Å². The maximum Gasteiger partial charge on any atom is 0.391 e. The van der Waals surface area contributed by atoms with Crippen molar-refractivity contribution in [3.05, 3.63) is 84.4 Å². The Labute approximate surface area is 441 Å². The van der Waals surface area contributed by atoms with Crippen LogP contribution in [-0.4, -0.2) is 131 Å². The van der Waals surface area contributed by atoms with Crippen LogP contribution in [0, 0.1) is 29.1 Å². The van der Waals surface area contributed by atoms with Gasteiger partial charge < -0.3 is 40.0 Å². The molecule has 4 aromatic rings. The Morgan fingerprint density at radius 3 is 2.42 bits per heavy atom. The Bertz CT molecular complexity index is 2670. The van der Waals surface area contributed by atoms with Gasteiger partial charge in [-0.25, -0.2) is 4.79 Å². The van der Waals surface area contributed by atoms with Crippen molar-refractivity contribution < 1.29 is 38.3 Å². The summed E-state index contributed by atoms with van der Waals surface area (Å²) < 4.78 is 15.0. The van der Waals surface area contributed by atoms with E-state index in [1.54, 1.807) is 37.4 Å². The first-order valence-electron chi connectivity index (χ1n) is 25.7. The standard InChI is InChI=1S/C33H39N3O4.C20H32N3O3.C6H14N2/c1-6-36-31-11-10-23(24-13-22(14-25(34)19-37)15-26(38)16-24)17-28(31)29(18-33(3,4)21-40-7-2)32(36)27-9-8-12-35-30(27)20-39-5;1-14(2)18(15(3)24)22(8)19(26)16-10-12-23(13-16)17(25)9-11-20(4,5)21(6)7;1-3-4-5-6-8-7-2/h7-13,15-17,19,25,38H,2,6,14,18,20-21,34H2,1,3-5H3;14,16H,10,12-13H2,1-8H3;6-7H,3-5H2,1-2H3/q;+1;/b;;8-6-. The number of ether oxygens (including phenoxy) is 2. The van der Waals surface area contributed by atoms with Crippen LogP contribution in [0.1, 0.15) is 105 Å². The van der Waals surface area contributed by atoms with Crippen LogP contribution in [-0.2, 0) is 54.6 Å². The maximum atomic E-state index is 12.7. The van der Waals surface area contributed by atoms with E-state index in [0.717, 1.165) is 70.2 Å². The molecule has 74 heavy (non-hydrogen) atoms. The highest BCUT2D eigenvalue weighted by Crippen LogP contribution is 2.41. The molecule has 1 aliphatic heterocycles. The highest BCUT2D eigenvalue weighted by atomic mass is 16.5. The third-order valence-electron chi connectivity index (χ3n) is 13.0. The second-order valence-electron chi connectivity index (χ2n) is 20.6. The molecule has 4 N–H and O–H groups in total. The topological polar surface area (TPSA) is 185 Å². The number of Topliss-reactive ketones (excluding diaryl/α,β-unsaturated/α-hetero) is 1. The fourth-order valence-electron chi connectivity index (χ4n) is 8.83. The number of methoxy groups -OCH3 is 1. The fraction of sp³-hybridized carbons (Fsp3) is 0.508. The molecule has 2 aromatic heterocycles. The summed E-state index contributed by atoms with van der Waals surface area (Å²) in [6.07, 6.45) is 11.2. The minimum Gasteiger partial charge on any atom is -0.508 e. The van der Waals surface area contributed by atoms with E-state index in [4.69, 9.17) is 15.2 Å². The Morgan fingerprint density at radius 2 is 1.82 bits per heavy atom. The number of nitrogens with two attached hydrogens (primary N) is 1. The number of hydrogen-bond acceptors (Lipinski definition) is 12. The number of rotatable bonds is 21. The lowest BCUT2D eigenvalue weighted by atomic mass is 9.84. The Balaban J connectivity index is 0.000000363. The van der Waals surface area contributed by atoms with Crippen molar-refractivity contribution in [2.45, 2.75) is 126 Å². The molecular weight excluding hydrogens is 933 g/mol. The van der Waals surface area contributed by atoms with E-state index in [1.807, 2.05) is 72.1 Å². The molecule has 2 amide bonds. The van der Waals surface area contributed by atoms with E-state index in [9.17, 15) is 24.3 Å². The number of unbranched alkanes of at least 4 members (excludes halogenated alkanes) is 2. The number of likely N-dealkylation sites (tertiary alicyclic amines) is 1. The van der Waals surface area contributed by atoms with Crippen molar-refractivity contribution in [1.29, 1.82) is 0 Å². The minimum absolute atomic E-state index is 0.0280. The number of aldehydes is 1. The van der Waals surface area contributed by atoms with Crippen molar-refractivity contribution in [1.82, 2.24) is 24.8 Å². The lowest BCUT2D eigenvalue weighted by molar-refractivity contribution is -0.424. The van der Waals surface area contributed by atoms with Gasteiger partial charge in [-0.1, -0.05) is 65.7 Å². The zero-order valence-corrected chi connectivity index (χ0v) is 46.8. The van der Waals surface area contributed by atoms with Gasteiger partial charge in [0.2, 0.25) is 11.5 Å². The van der Waals surface area contributed by atoms with E-state index in [1.165, 1.54) is 36.2 Å². The number of benzene rings is 2. The number of hydrazone groups is 1. The molecule has 0 radical (unpaired) electrons. The number of nitrogens with zero attached hydrogens (tertiary/aromatic N) is 6. The number of phenolic OH excluding ortho intramolecular Hbond substituents is 1. The van der Waals surface area contributed by atoms with Crippen LogP contribution in [0.15, 0.2) is 72.7 Å². The van der Waals surface area contributed by atoms with Gasteiger partial charge in [-0.3, -0.25) is 19.5 Å². The first-order valence-corrected chi connectivity index (χ1v) is 25.7. The Kier molecular flexibility index (Phi) is 24.6. The smallest absolute Gasteiger partial charge is 0.391 e. The number of carbonyl (C=O) groups is 4. The zero-order valence-electron chi connectivity index (χ0n) is 46.8. The summed E-state index contributed by atoms with van der Waals surface area (Å²) in [4.78, 5) is 56.3. The minimum atomic E-state index is -0.620. The van der Waals surface area contributed by atoms with Gasteiger partial charge in [-0.2, -0.15) is 9.68 Å². The summed E-state index contributed by atoms with van der Waals surface area (Å²) in [7, 11) is 8.96. The second-order valence-corrected chi connectivity index (χ2v) is 20.6. The second kappa shape index (κ2) is 29.4. The number of pyridine rings is 1. The Hall–Kier alpha value is -6.47. The van der Waals surface area contributed by atoms with Gasteiger partial charge in [0.05, 0.1) is 42.4 Å². The van der Waals surface area contributed by atoms with E-state index < -0.39 is 11.6 Å². The van der Waals surface area contributed by atoms with Crippen LogP contribution in [0.3, 0.4) is 0 Å². The number of carbonyl (C=O) groups excluding carboxylic acids is 4. The number of amides is 2. The van der Waals surface area contributed by atoms with Gasteiger partial charge >= 0.3 is 5.91 Å². The summed E-state index contributed by atoms with van der Waals surface area (Å²) in [6, 6.07) is 15.2. The van der Waals surface area contributed by atoms with E-state index in [2.05, 4.69) is 90.5 Å².